The molecule has 8 nitrogen and oxygen atoms in total. The first kappa shape index (κ1) is 19.1. The van der Waals surface area contributed by atoms with Crippen molar-refractivity contribution in [1.82, 2.24) is 14.5 Å². The van der Waals surface area contributed by atoms with Crippen LogP contribution in [0.2, 0.25) is 0 Å². The van der Waals surface area contributed by atoms with Gasteiger partial charge < -0.3 is 20.8 Å². The molecule has 0 fully saturated rings. The molecule has 0 unspecified atom stereocenters. The Morgan fingerprint density at radius 2 is 1.82 bits per heavy atom. The molecule has 0 bridgehead atoms. The zero-order valence-corrected chi connectivity index (χ0v) is 15.8. The molecule has 1 aromatic carbocycles. The molecule has 2 aromatic heterocycles. The van der Waals surface area contributed by atoms with Crippen LogP contribution in [-0.4, -0.2) is 27.6 Å². The number of benzene rings is 1. The van der Waals surface area contributed by atoms with Gasteiger partial charge in [0.15, 0.2) is 11.5 Å². The maximum absolute atomic E-state index is 12.1. The number of anilines is 1. The molecule has 3 aromatic rings. The van der Waals surface area contributed by atoms with Gasteiger partial charge in [-0.05, 0) is 32.0 Å². The smallest absolute Gasteiger partial charge is 0.271 e. The minimum atomic E-state index is -0.777. The molecule has 0 aliphatic rings. The number of nitrogen functional groups attached to an aromatic ring is 1. The van der Waals surface area contributed by atoms with Crippen molar-refractivity contribution in [3.8, 4) is 28.3 Å². The van der Waals surface area contributed by atoms with Crippen molar-refractivity contribution < 1.29 is 9.53 Å². The van der Waals surface area contributed by atoms with Crippen LogP contribution in [0.3, 0.4) is 0 Å². The number of primary amides is 1. The van der Waals surface area contributed by atoms with E-state index in [9.17, 15) is 9.59 Å². The quantitative estimate of drug-likeness (QED) is 0.700. The summed E-state index contributed by atoms with van der Waals surface area (Å²) < 4.78 is 6.86. The summed E-state index contributed by atoms with van der Waals surface area (Å²) in [6.45, 7) is 3.80. The molecule has 0 radical (unpaired) electrons. The number of carbonyl (C=O) groups excluding carboxylic acids is 1. The Balaban J connectivity index is 2.32. The molecular weight excluding hydrogens is 358 g/mol. The molecule has 28 heavy (non-hydrogen) atoms. The number of amides is 1. The topological polar surface area (TPSA) is 126 Å². The third kappa shape index (κ3) is 3.57. The monoisotopic (exact) mass is 379 g/mol. The molecule has 1 amide bonds. The SMILES string of the molecule is COc1cccc(-c2nc(N)c(C(N)=O)nc2-c2ccc(=O)n(C(C)C)c2)c1. The zero-order chi connectivity index (χ0) is 20.4. The Bertz CT molecular complexity index is 1110. The Labute approximate surface area is 161 Å². The summed E-state index contributed by atoms with van der Waals surface area (Å²) >= 11 is 0. The number of rotatable bonds is 5. The van der Waals surface area contributed by atoms with Gasteiger partial charge in [0.2, 0.25) is 0 Å². The van der Waals surface area contributed by atoms with Crippen molar-refractivity contribution in [3.63, 3.8) is 0 Å². The molecule has 3 rings (SSSR count). The molecule has 144 valence electrons. The van der Waals surface area contributed by atoms with E-state index in [1.807, 2.05) is 26.0 Å². The molecule has 8 heteroatoms. The van der Waals surface area contributed by atoms with Crippen LogP contribution in [0, 0.1) is 0 Å². The van der Waals surface area contributed by atoms with Crippen LogP contribution in [0.5, 0.6) is 5.75 Å². The third-order valence-corrected chi connectivity index (χ3v) is 4.27. The van der Waals surface area contributed by atoms with Gasteiger partial charge in [-0.25, -0.2) is 9.97 Å². The van der Waals surface area contributed by atoms with Crippen molar-refractivity contribution in [2.24, 2.45) is 5.73 Å². The second-order valence-electron chi connectivity index (χ2n) is 6.51. The molecule has 0 atom stereocenters. The van der Waals surface area contributed by atoms with E-state index in [1.54, 1.807) is 36.1 Å². The van der Waals surface area contributed by atoms with Crippen molar-refractivity contribution in [3.05, 3.63) is 58.6 Å². The highest BCUT2D eigenvalue weighted by atomic mass is 16.5. The number of methoxy groups -OCH3 is 1. The molecule has 0 spiro atoms. The van der Waals surface area contributed by atoms with Gasteiger partial charge in [-0.15, -0.1) is 0 Å². The van der Waals surface area contributed by atoms with Gasteiger partial charge in [-0.2, -0.15) is 0 Å². The summed E-state index contributed by atoms with van der Waals surface area (Å²) in [5, 5.41) is 0. The van der Waals surface area contributed by atoms with E-state index in [0.29, 0.717) is 28.3 Å². The predicted octanol–water partition coefficient (Wildman–Crippen LogP) is 2.24. The first-order valence-corrected chi connectivity index (χ1v) is 8.66. The van der Waals surface area contributed by atoms with E-state index in [2.05, 4.69) is 9.97 Å². The fraction of sp³-hybridized carbons (Fsp3) is 0.200. The van der Waals surface area contributed by atoms with Crippen LogP contribution in [-0.2, 0) is 0 Å². The van der Waals surface area contributed by atoms with Crippen molar-refractivity contribution in [2.75, 3.05) is 12.8 Å². The number of nitrogens with zero attached hydrogens (tertiary/aromatic N) is 3. The Hall–Kier alpha value is -3.68. The number of hydrogen-bond donors (Lipinski definition) is 2. The second kappa shape index (κ2) is 7.51. The normalized spacial score (nSPS) is 10.9. The summed E-state index contributed by atoms with van der Waals surface area (Å²) in [6, 6.07) is 10.3. The largest absolute Gasteiger partial charge is 0.497 e. The molecular formula is C20H21N5O3. The third-order valence-electron chi connectivity index (χ3n) is 4.27. The van der Waals surface area contributed by atoms with Crippen LogP contribution < -0.4 is 21.8 Å². The average molecular weight is 379 g/mol. The highest BCUT2D eigenvalue weighted by molar-refractivity contribution is 5.96. The Morgan fingerprint density at radius 1 is 1.11 bits per heavy atom. The summed E-state index contributed by atoms with van der Waals surface area (Å²) in [5.41, 5.74) is 13.2. The van der Waals surface area contributed by atoms with Crippen molar-refractivity contribution in [1.29, 1.82) is 0 Å². The fourth-order valence-electron chi connectivity index (χ4n) is 2.85. The highest BCUT2D eigenvalue weighted by Gasteiger charge is 2.19. The Morgan fingerprint density at radius 3 is 2.46 bits per heavy atom. The molecule has 2 heterocycles. The van der Waals surface area contributed by atoms with Gasteiger partial charge in [-0.3, -0.25) is 9.59 Å². The standard InChI is InChI=1S/C20H21N5O3/c1-11(2)25-10-13(7-8-15(25)26)17-16(12-5-4-6-14(9-12)28-3)24-19(21)18(23-17)20(22)27/h4-11H,1-3H3,(H2,21,24)(H2,22,27). The fourth-order valence-corrected chi connectivity index (χ4v) is 2.85. The number of nitrogens with two attached hydrogens (primary N) is 2. The summed E-state index contributed by atoms with van der Waals surface area (Å²) in [4.78, 5) is 32.6. The van der Waals surface area contributed by atoms with Crippen molar-refractivity contribution >= 4 is 11.7 Å². The van der Waals surface area contributed by atoms with Gasteiger partial charge >= 0.3 is 0 Å². The summed E-state index contributed by atoms with van der Waals surface area (Å²) in [7, 11) is 1.56. The van der Waals surface area contributed by atoms with Crippen LogP contribution in [0.25, 0.3) is 22.5 Å². The molecule has 0 aliphatic carbocycles. The first-order chi connectivity index (χ1) is 13.3. The first-order valence-electron chi connectivity index (χ1n) is 8.66. The Kier molecular flexibility index (Phi) is 5.12. The van der Waals surface area contributed by atoms with E-state index < -0.39 is 5.91 Å². The number of carbonyl (C=O) groups is 1. The lowest BCUT2D eigenvalue weighted by molar-refractivity contribution is 0.0996. The number of hydrogen-bond acceptors (Lipinski definition) is 6. The van der Waals surface area contributed by atoms with E-state index in [1.165, 1.54) is 6.07 Å². The summed E-state index contributed by atoms with van der Waals surface area (Å²) in [5.74, 6) is -0.207. The number of aromatic nitrogens is 3. The highest BCUT2D eigenvalue weighted by Crippen LogP contribution is 2.32. The second-order valence-corrected chi connectivity index (χ2v) is 6.51. The van der Waals surface area contributed by atoms with Crippen LogP contribution >= 0.6 is 0 Å². The van der Waals surface area contributed by atoms with E-state index >= 15 is 0 Å². The van der Waals surface area contributed by atoms with E-state index in [-0.39, 0.29) is 23.1 Å². The van der Waals surface area contributed by atoms with E-state index in [0.717, 1.165) is 0 Å². The molecule has 0 saturated heterocycles. The minimum Gasteiger partial charge on any atom is -0.497 e. The lowest BCUT2D eigenvalue weighted by Gasteiger charge is -2.15. The van der Waals surface area contributed by atoms with Gasteiger partial charge in [0.05, 0.1) is 18.5 Å². The predicted molar refractivity (Wildman–Crippen MR) is 107 cm³/mol. The molecule has 0 aliphatic heterocycles. The summed E-state index contributed by atoms with van der Waals surface area (Å²) in [6.07, 6.45) is 1.68. The maximum atomic E-state index is 12.1. The number of ether oxygens (including phenoxy) is 1. The average Bonchev–Trinajstić information content (AvgIpc) is 2.67. The van der Waals surface area contributed by atoms with Gasteiger partial charge in [0.1, 0.15) is 5.75 Å². The maximum Gasteiger partial charge on any atom is 0.271 e. The van der Waals surface area contributed by atoms with Crippen LogP contribution in [0.4, 0.5) is 5.82 Å². The lowest BCUT2D eigenvalue weighted by Crippen LogP contribution is -2.21. The van der Waals surface area contributed by atoms with E-state index in [4.69, 9.17) is 16.2 Å². The van der Waals surface area contributed by atoms with Crippen molar-refractivity contribution in [2.45, 2.75) is 19.9 Å². The molecule has 4 N–H and O–H groups in total. The number of pyridine rings is 1. The zero-order valence-electron chi connectivity index (χ0n) is 15.8. The minimum absolute atomic E-state index is 0.0509. The molecule has 0 saturated carbocycles. The van der Waals surface area contributed by atoms with Gasteiger partial charge in [0, 0.05) is 29.4 Å². The van der Waals surface area contributed by atoms with Gasteiger partial charge in [0.25, 0.3) is 11.5 Å². The lowest BCUT2D eigenvalue weighted by atomic mass is 10.0. The van der Waals surface area contributed by atoms with Crippen LogP contribution in [0.15, 0.2) is 47.4 Å². The van der Waals surface area contributed by atoms with Gasteiger partial charge in [-0.1, -0.05) is 12.1 Å². The van der Waals surface area contributed by atoms with Crippen LogP contribution in [0.1, 0.15) is 30.4 Å².